The van der Waals surface area contributed by atoms with Crippen LogP contribution >= 0.6 is 11.6 Å². The molecule has 2 rings (SSSR count). The molecule has 0 amide bonds. The molecule has 0 aliphatic heterocycles. The van der Waals surface area contributed by atoms with E-state index < -0.39 is 0 Å². The predicted molar refractivity (Wildman–Crippen MR) is 83.8 cm³/mol. The third-order valence-electron chi connectivity index (χ3n) is 4.34. The van der Waals surface area contributed by atoms with Crippen molar-refractivity contribution < 1.29 is 0 Å². The van der Waals surface area contributed by atoms with Crippen LogP contribution in [0.1, 0.15) is 62.6 Å². The SMILES string of the molecule is CCNC(CC1CCCCC1)c1cccc(C)c1Cl. The van der Waals surface area contributed by atoms with Gasteiger partial charge in [-0.15, -0.1) is 0 Å². The third kappa shape index (κ3) is 3.97. The van der Waals surface area contributed by atoms with Gasteiger partial charge in [-0.2, -0.15) is 0 Å². The molecule has 19 heavy (non-hydrogen) atoms. The molecule has 1 nitrogen and oxygen atoms in total. The van der Waals surface area contributed by atoms with E-state index in [9.17, 15) is 0 Å². The Kier molecular flexibility index (Phi) is 5.72. The largest absolute Gasteiger partial charge is 0.310 e. The molecule has 106 valence electrons. The van der Waals surface area contributed by atoms with Crippen LogP contribution in [0.4, 0.5) is 0 Å². The maximum absolute atomic E-state index is 6.50. The molecule has 1 fully saturated rings. The van der Waals surface area contributed by atoms with Crippen LogP contribution in [-0.4, -0.2) is 6.54 Å². The van der Waals surface area contributed by atoms with E-state index in [1.807, 2.05) is 0 Å². The van der Waals surface area contributed by atoms with Crippen LogP contribution in [0.25, 0.3) is 0 Å². The lowest BCUT2D eigenvalue weighted by atomic mass is 9.83. The number of hydrogen-bond acceptors (Lipinski definition) is 1. The summed E-state index contributed by atoms with van der Waals surface area (Å²) in [5.41, 5.74) is 2.47. The molecule has 1 aromatic rings. The average molecular weight is 280 g/mol. The van der Waals surface area contributed by atoms with Crippen LogP contribution in [-0.2, 0) is 0 Å². The molecule has 0 spiro atoms. The fourth-order valence-corrected chi connectivity index (χ4v) is 3.52. The van der Waals surface area contributed by atoms with E-state index in [1.165, 1.54) is 49.7 Å². The lowest BCUT2D eigenvalue weighted by Gasteiger charge is -2.28. The first-order chi connectivity index (χ1) is 9.22. The van der Waals surface area contributed by atoms with Crippen LogP contribution < -0.4 is 5.32 Å². The van der Waals surface area contributed by atoms with Crippen molar-refractivity contribution in [2.24, 2.45) is 5.92 Å². The second-order valence-corrected chi connectivity index (χ2v) is 6.21. The average Bonchev–Trinajstić information content (AvgIpc) is 2.43. The minimum Gasteiger partial charge on any atom is -0.310 e. The summed E-state index contributed by atoms with van der Waals surface area (Å²) in [5, 5.41) is 4.58. The van der Waals surface area contributed by atoms with Crippen LogP contribution in [0.3, 0.4) is 0 Å². The number of aryl methyl sites for hydroxylation is 1. The molecule has 0 heterocycles. The Balaban J connectivity index is 2.11. The van der Waals surface area contributed by atoms with Crippen molar-refractivity contribution in [2.45, 2.75) is 58.4 Å². The summed E-state index contributed by atoms with van der Waals surface area (Å²) in [7, 11) is 0. The van der Waals surface area contributed by atoms with Gasteiger partial charge in [0.25, 0.3) is 0 Å². The monoisotopic (exact) mass is 279 g/mol. The number of rotatable bonds is 5. The molecule has 1 saturated carbocycles. The molecular weight excluding hydrogens is 254 g/mol. The second kappa shape index (κ2) is 7.31. The zero-order valence-electron chi connectivity index (χ0n) is 12.2. The minimum atomic E-state index is 0.417. The first-order valence-corrected chi connectivity index (χ1v) is 8.08. The van der Waals surface area contributed by atoms with Crippen molar-refractivity contribution in [3.63, 3.8) is 0 Å². The maximum atomic E-state index is 6.50. The summed E-state index contributed by atoms with van der Waals surface area (Å²) < 4.78 is 0. The Bertz CT molecular complexity index is 396. The van der Waals surface area contributed by atoms with Gasteiger partial charge in [-0.05, 0) is 36.9 Å². The van der Waals surface area contributed by atoms with Gasteiger partial charge in [-0.3, -0.25) is 0 Å². The lowest BCUT2D eigenvalue weighted by molar-refractivity contribution is 0.301. The zero-order valence-corrected chi connectivity index (χ0v) is 13.0. The van der Waals surface area contributed by atoms with Crippen LogP contribution in [0.5, 0.6) is 0 Å². The van der Waals surface area contributed by atoms with E-state index in [0.29, 0.717) is 6.04 Å². The standard InChI is InChI=1S/C17H26ClN/c1-3-19-16(12-14-9-5-4-6-10-14)15-11-7-8-13(2)17(15)18/h7-8,11,14,16,19H,3-6,9-10,12H2,1-2H3. The van der Waals surface area contributed by atoms with Gasteiger partial charge in [0, 0.05) is 11.1 Å². The summed E-state index contributed by atoms with van der Waals surface area (Å²) in [6, 6.07) is 6.82. The maximum Gasteiger partial charge on any atom is 0.0482 e. The molecular formula is C17H26ClN. The Labute approximate surface area is 122 Å². The topological polar surface area (TPSA) is 12.0 Å². The first-order valence-electron chi connectivity index (χ1n) is 7.70. The Morgan fingerprint density at radius 3 is 2.68 bits per heavy atom. The molecule has 1 N–H and O–H groups in total. The number of hydrogen-bond donors (Lipinski definition) is 1. The zero-order chi connectivity index (χ0) is 13.7. The van der Waals surface area contributed by atoms with Crippen LogP contribution in [0.2, 0.25) is 5.02 Å². The van der Waals surface area contributed by atoms with Gasteiger partial charge >= 0.3 is 0 Å². The minimum absolute atomic E-state index is 0.417. The fraction of sp³-hybridized carbons (Fsp3) is 0.647. The second-order valence-electron chi connectivity index (χ2n) is 5.83. The number of nitrogens with one attached hydrogen (secondary N) is 1. The Morgan fingerprint density at radius 2 is 2.00 bits per heavy atom. The van der Waals surface area contributed by atoms with Gasteiger partial charge in [0.05, 0.1) is 0 Å². The van der Waals surface area contributed by atoms with Crippen molar-refractivity contribution in [1.29, 1.82) is 0 Å². The Hall–Kier alpha value is -0.530. The lowest BCUT2D eigenvalue weighted by Crippen LogP contribution is -2.24. The van der Waals surface area contributed by atoms with Crippen molar-refractivity contribution in [2.75, 3.05) is 6.54 Å². The van der Waals surface area contributed by atoms with E-state index in [0.717, 1.165) is 17.5 Å². The van der Waals surface area contributed by atoms with E-state index >= 15 is 0 Å². The summed E-state index contributed by atoms with van der Waals surface area (Å²) in [5.74, 6) is 0.870. The molecule has 1 aliphatic carbocycles. The van der Waals surface area contributed by atoms with Gasteiger partial charge in [0.1, 0.15) is 0 Å². The van der Waals surface area contributed by atoms with Crippen molar-refractivity contribution in [1.82, 2.24) is 5.32 Å². The van der Waals surface area contributed by atoms with Gasteiger partial charge in [0.2, 0.25) is 0 Å². The summed E-state index contributed by atoms with van der Waals surface area (Å²) >= 11 is 6.50. The van der Waals surface area contributed by atoms with Gasteiger partial charge in [-0.1, -0.05) is 68.8 Å². The molecule has 0 bridgehead atoms. The van der Waals surface area contributed by atoms with E-state index in [-0.39, 0.29) is 0 Å². The van der Waals surface area contributed by atoms with Gasteiger partial charge < -0.3 is 5.32 Å². The highest BCUT2D eigenvalue weighted by atomic mass is 35.5. The highest BCUT2D eigenvalue weighted by molar-refractivity contribution is 6.32. The number of halogens is 1. The molecule has 1 aliphatic rings. The quantitative estimate of drug-likeness (QED) is 0.774. The van der Waals surface area contributed by atoms with Crippen molar-refractivity contribution in [3.8, 4) is 0 Å². The molecule has 1 unspecified atom stereocenters. The fourth-order valence-electron chi connectivity index (χ4n) is 3.26. The van der Waals surface area contributed by atoms with E-state index in [4.69, 9.17) is 11.6 Å². The molecule has 1 aromatic carbocycles. The predicted octanol–water partition coefficient (Wildman–Crippen LogP) is 5.27. The Morgan fingerprint density at radius 1 is 1.26 bits per heavy atom. The van der Waals surface area contributed by atoms with Crippen molar-refractivity contribution in [3.05, 3.63) is 34.3 Å². The van der Waals surface area contributed by atoms with E-state index in [2.05, 4.69) is 37.4 Å². The molecule has 0 radical (unpaired) electrons. The smallest absolute Gasteiger partial charge is 0.0482 e. The normalized spacial score (nSPS) is 18.5. The van der Waals surface area contributed by atoms with Crippen LogP contribution in [0, 0.1) is 12.8 Å². The molecule has 1 atom stereocenters. The van der Waals surface area contributed by atoms with E-state index in [1.54, 1.807) is 0 Å². The van der Waals surface area contributed by atoms with Crippen LogP contribution in [0.15, 0.2) is 18.2 Å². The van der Waals surface area contributed by atoms with Gasteiger partial charge in [-0.25, -0.2) is 0 Å². The summed E-state index contributed by atoms with van der Waals surface area (Å²) in [4.78, 5) is 0. The first kappa shape index (κ1) is 14.9. The van der Waals surface area contributed by atoms with Gasteiger partial charge in [0.15, 0.2) is 0 Å². The summed E-state index contributed by atoms with van der Waals surface area (Å²) in [6.45, 7) is 5.27. The highest BCUT2D eigenvalue weighted by Gasteiger charge is 2.21. The van der Waals surface area contributed by atoms with Crippen molar-refractivity contribution >= 4 is 11.6 Å². The summed E-state index contributed by atoms with van der Waals surface area (Å²) in [6.07, 6.45) is 8.26. The molecule has 0 saturated heterocycles. The molecule has 0 aromatic heterocycles. The molecule has 2 heteroatoms. The highest BCUT2D eigenvalue weighted by Crippen LogP contribution is 2.35. The number of benzene rings is 1. The third-order valence-corrected chi connectivity index (χ3v) is 4.86.